The maximum Gasteiger partial charge on any atom is 0.268 e. The molecule has 2 atom stereocenters. The molecule has 2 unspecified atom stereocenters. The molecule has 1 aromatic carbocycles. The molecule has 5 N–H and O–H groups in total. The number of carbonyl (C=O) groups excluding carboxylic acids is 3. The molecule has 0 saturated carbocycles. The molecule has 178 valence electrons. The van der Waals surface area contributed by atoms with Crippen LogP contribution in [0.2, 0.25) is 0 Å². The van der Waals surface area contributed by atoms with E-state index in [4.69, 9.17) is 5.21 Å². The normalized spacial score (nSPS) is 14.0. The number of hydroxylamine groups is 1. The van der Waals surface area contributed by atoms with E-state index in [0.717, 1.165) is 26.0 Å². The Hall–Kier alpha value is -3.78. The monoisotopic (exact) mass is 463 g/mol. The molecule has 0 saturated heterocycles. The van der Waals surface area contributed by atoms with Crippen LogP contribution < -0.4 is 21.5 Å². The molecule has 0 bridgehead atoms. The fourth-order valence-electron chi connectivity index (χ4n) is 2.53. The Kier molecular flexibility index (Phi) is 10.7. The maximum absolute atomic E-state index is 13.7. The lowest BCUT2D eigenvalue weighted by molar-refractivity contribution is -0.137. The Labute approximate surface area is 190 Å². The smallest absolute Gasteiger partial charge is 0.268 e. The number of hydrogen-bond donors (Lipinski definition) is 5. The highest BCUT2D eigenvalue weighted by atomic mass is 19.3. The van der Waals surface area contributed by atoms with Gasteiger partial charge in [0.1, 0.15) is 11.6 Å². The highest BCUT2D eigenvalue weighted by Gasteiger charge is 2.48. The molecule has 0 spiro atoms. The average Bonchev–Trinajstić information content (AvgIpc) is 2.78. The van der Waals surface area contributed by atoms with Crippen LogP contribution in [0.3, 0.4) is 0 Å². The van der Waals surface area contributed by atoms with Gasteiger partial charge in [0.25, 0.3) is 18.2 Å². The number of hydrogen-bond acceptors (Lipinski definition) is 6. The number of carbonyl (C=O) groups is 3. The summed E-state index contributed by atoms with van der Waals surface area (Å²) in [5.74, 6) is 2.59. The van der Waals surface area contributed by atoms with Crippen LogP contribution in [0.4, 0.5) is 8.78 Å². The van der Waals surface area contributed by atoms with Crippen molar-refractivity contribution in [2.24, 2.45) is 5.10 Å². The number of allylic oxidation sites excluding steroid dienone is 1. The van der Waals surface area contributed by atoms with Crippen molar-refractivity contribution in [2.75, 3.05) is 0 Å². The zero-order valence-corrected chi connectivity index (χ0v) is 18.7. The van der Waals surface area contributed by atoms with Gasteiger partial charge in [-0.1, -0.05) is 18.8 Å². The van der Waals surface area contributed by atoms with E-state index in [-0.39, 0.29) is 5.56 Å². The summed E-state index contributed by atoms with van der Waals surface area (Å²) in [5.41, 5.74) is 3.06. The highest BCUT2D eigenvalue weighted by Crippen LogP contribution is 2.21. The van der Waals surface area contributed by atoms with Gasteiger partial charge in [0, 0.05) is 36.0 Å². The second kappa shape index (κ2) is 12.9. The Morgan fingerprint density at radius 1 is 1.21 bits per heavy atom. The van der Waals surface area contributed by atoms with Crippen LogP contribution in [0.15, 0.2) is 41.6 Å². The molecule has 0 aliphatic rings. The van der Waals surface area contributed by atoms with E-state index in [1.807, 2.05) is 19.2 Å². The summed E-state index contributed by atoms with van der Waals surface area (Å²) in [5, 5.41) is 17.1. The van der Waals surface area contributed by atoms with Crippen molar-refractivity contribution in [3.05, 3.63) is 47.7 Å². The molecule has 0 aliphatic carbocycles. The van der Waals surface area contributed by atoms with Gasteiger partial charge in [-0.2, -0.15) is 5.10 Å². The van der Waals surface area contributed by atoms with Crippen LogP contribution in [0.1, 0.15) is 50.0 Å². The predicted molar refractivity (Wildman–Crippen MR) is 118 cm³/mol. The number of amides is 3. The molecule has 1 rings (SSSR count). The minimum atomic E-state index is -3.24. The van der Waals surface area contributed by atoms with Gasteiger partial charge in [0.05, 0.1) is 0 Å². The molecule has 3 amide bonds. The van der Waals surface area contributed by atoms with Gasteiger partial charge in [0.15, 0.2) is 0 Å². The van der Waals surface area contributed by atoms with Crippen molar-refractivity contribution in [1.82, 2.24) is 21.5 Å². The third-order valence-electron chi connectivity index (χ3n) is 4.52. The molecule has 9 nitrogen and oxygen atoms in total. The summed E-state index contributed by atoms with van der Waals surface area (Å²) in [6, 6.07) is 3.88. The summed E-state index contributed by atoms with van der Waals surface area (Å²) < 4.78 is 27.4. The Balaban J connectivity index is 2.96. The first-order valence-electron chi connectivity index (χ1n) is 9.92. The summed E-state index contributed by atoms with van der Waals surface area (Å²) in [4.78, 5) is 36.0. The number of alkyl halides is 2. The first kappa shape index (κ1) is 27.3. The van der Waals surface area contributed by atoms with Gasteiger partial charge in [-0.15, -0.1) is 0 Å². The Morgan fingerprint density at radius 3 is 2.36 bits per heavy atom. The van der Waals surface area contributed by atoms with E-state index in [2.05, 4.69) is 27.7 Å². The summed E-state index contributed by atoms with van der Waals surface area (Å²) in [6.45, 7) is 5.74. The Bertz CT molecular complexity index is 967. The number of nitrogens with zero attached hydrogens (tertiary/aromatic N) is 1. The molecule has 0 radical (unpaired) electrons. The fraction of sp³-hybridized carbons (Fsp3) is 0.364. The predicted octanol–water partition coefficient (Wildman–Crippen LogP) is 1.69. The largest absolute Gasteiger partial charge is 0.343 e. The fourth-order valence-corrected chi connectivity index (χ4v) is 2.53. The zero-order valence-electron chi connectivity index (χ0n) is 18.7. The van der Waals surface area contributed by atoms with E-state index < -0.39 is 35.7 Å². The molecule has 11 heteroatoms. The third kappa shape index (κ3) is 8.34. The minimum absolute atomic E-state index is 0.0531. The Morgan fingerprint density at radius 2 is 1.85 bits per heavy atom. The van der Waals surface area contributed by atoms with Crippen LogP contribution in [0.25, 0.3) is 0 Å². The second-order valence-corrected chi connectivity index (χ2v) is 7.16. The number of benzene rings is 1. The topological polar surface area (TPSA) is 132 Å². The van der Waals surface area contributed by atoms with Gasteiger partial charge in [0.2, 0.25) is 5.91 Å². The number of hydrazone groups is 1. The van der Waals surface area contributed by atoms with E-state index in [0.29, 0.717) is 5.56 Å². The molecular weight excluding hydrogens is 436 g/mol. The van der Waals surface area contributed by atoms with Crippen LogP contribution in [0, 0.1) is 11.8 Å². The molecule has 33 heavy (non-hydrogen) atoms. The third-order valence-corrected chi connectivity index (χ3v) is 4.52. The molecule has 0 heterocycles. The highest BCUT2D eigenvalue weighted by molar-refractivity contribution is 5.98. The van der Waals surface area contributed by atoms with E-state index >= 15 is 0 Å². The van der Waals surface area contributed by atoms with Gasteiger partial charge in [-0.3, -0.25) is 25.0 Å². The van der Waals surface area contributed by atoms with Crippen LogP contribution in [-0.4, -0.2) is 46.6 Å². The average molecular weight is 463 g/mol. The van der Waals surface area contributed by atoms with Crippen LogP contribution in [0.5, 0.6) is 0 Å². The first-order valence-corrected chi connectivity index (χ1v) is 9.92. The first-order chi connectivity index (χ1) is 15.5. The summed E-state index contributed by atoms with van der Waals surface area (Å²) in [7, 11) is 0. The van der Waals surface area contributed by atoms with E-state index in [1.54, 1.807) is 12.3 Å². The van der Waals surface area contributed by atoms with Gasteiger partial charge in [-0.25, -0.2) is 14.3 Å². The summed E-state index contributed by atoms with van der Waals surface area (Å²) >= 11 is 0. The standard InChI is InChI=1S/C22H27F2N5O4/c1-5-14(2)28-25-13-7-6-8-16-9-11-17(12-10-16)19(31)26-18(20(32)29-33)22(4,21(23)24)27-15(3)30/h7,9-13,18,21,25,33H,5H2,1-4H3,(H,26,31)(H,27,30)(H,29,32)/b13-7+,28-14+. The summed E-state index contributed by atoms with van der Waals surface area (Å²) in [6.07, 6.45) is 0.709. The molecular formula is C22H27F2N5O4. The van der Waals surface area contributed by atoms with Gasteiger partial charge >= 0.3 is 0 Å². The molecule has 0 aromatic heterocycles. The lowest BCUT2D eigenvalue weighted by atomic mass is 9.91. The molecule has 0 fully saturated rings. The van der Waals surface area contributed by atoms with Gasteiger partial charge in [-0.05, 0) is 44.5 Å². The van der Waals surface area contributed by atoms with Crippen LogP contribution >= 0.6 is 0 Å². The number of nitrogens with one attached hydrogen (secondary N) is 4. The van der Waals surface area contributed by atoms with Crippen molar-refractivity contribution < 1.29 is 28.4 Å². The van der Waals surface area contributed by atoms with Crippen LogP contribution in [-0.2, 0) is 9.59 Å². The van der Waals surface area contributed by atoms with E-state index in [9.17, 15) is 23.2 Å². The maximum atomic E-state index is 13.7. The minimum Gasteiger partial charge on any atom is -0.343 e. The van der Waals surface area contributed by atoms with Crippen molar-refractivity contribution in [3.63, 3.8) is 0 Å². The van der Waals surface area contributed by atoms with Gasteiger partial charge < -0.3 is 10.6 Å². The van der Waals surface area contributed by atoms with Crippen molar-refractivity contribution in [2.45, 2.75) is 52.1 Å². The lowest BCUT2D eigenvalue weighted by Gasteiger charge is -2.36. The van der Waals surface area contributed by atoms with Crippen molar-refractivity contribution in [3.8, 4) is 11.8 Å². The van der Waals surface area contributed by atoms with E-state index in [1.165, 1.54) is 29.7 Å². The van der Waals surface area contributed by atoms with Crippen molar-refractivity contribution in [1.29, 1.82) is 0 Å². The van der Waals surface area contributed by atoms with Crippen molar-refractivity contribution >= 4 is 23.4 Å². The molecule has 1 aromatic rings. The number of halogens is 2. The lowest BCUT2D eigenvalue weighted by Crippen LogP contribution is -2.68. The quantitative estimate of drug-likeness (QED) is 0.165. The zero-order chi connectivity index (χ0) is 25.0. The SMILES string of the molecule is CC/C(C)=N/N/C=C/C#Cc1ccc(C(=O)NC(C(=O)NO)C(C)(NC(C)=O)C(F)F)cc1. The molecule has 0 aliphatic heterocycles. The number of rotatable bonds is 9. The second-order valence-electron chi connectivity index (χ2n) is 7.16.